The smallest absolute Gasteiger partial charge is 0.207 e. The number of methoxy groups -OCH3 is 1. The number of aromatic nitrogens is 2. The minimum absolute atomic E-state index is 0.160. The highest BCUT2D eigenvalue weighted by Gasteiger charge is 2.19. The number of pyridine rings is 2. The average molecular weight is 868 g/mol. The van der Waals surface area contributed by atoms with Crippen LogP contribution in [0.2, 0.25) is 0 Å². The maximum absolute atomic E-state index is 12.7. The molecule has 330 valence electrons. The quantitative estimate of drug-likeness (QED) is 0.0365. The molecule has 2 aliphatic rings. The highest BCUT2D eigenvalue weighted by Crippen LogP contribution is 2.34. The van der Waals surface area contributed by atoms with Crippen molar-refractivity contribution in [2.75, 3.05) is 111 Å². The predicted molar refractivity (Wildman–Crippen MR) is 246 cm³/mol. The molecule has 4 aromatic rings. The van der Waals surface area contributed by atoms with Gasteiger partial charge in [0.25, 0.3) is 0 Å². The van der Waals surface area contributed by atoms with Gasteiger partial charge in [-0.2, -0.15) is 0 Å². The van der Waals surface area contributed by atoms with Crippen LogP contribution >= 0.6 is 19.9 Å². The van der Waals surface area contributed by atoms with Gasteiger partial charge in [0, 0.05) is 77.5 Å². The van der Waals surface area contributed by atoms with Gasteiger partial charge in [0.05, 0.1) is 72.9 Å². The van der Waals surface area contributed by atoms with Gasteiger partial charge in [0.15, 0.2) is 0 Å². The number of halogens is 1. The van der Waals surface area contributed by atoms with Gasteiger partial charge in [-0.15, -0.1) is 19.9 Å². The van der Waals surface area contributed by atoms with E-state index in [2.05, 4.69) is 68.5 Å². The molecule has 0 radical (unpaired) electrons. The summed E-state index contributed by atoms with van der Waals surface area (Å²) >= 11 is 1.80. The third-order valence-corrected chi connectivity index (χ3v) is 12.2. The average Bonchev–Trinajstić information content (AvgIpc) is 3.98. The first-order chi connectivity index (χ1) is 29.3. The van der Waals surface area contributed by atoms with Gasteiger partial charge in [0.1, 0.15) is 5.82 Å². The highest BCUT2D eigenvalue weighted by molar-refractivity contribution is 7.38. The van der Waals surface area contributed by atoms with Crippen LogP contribution in [0.15, 0.2) is 67.3 Å². The molecule has 6 rings (SSSR count). The number of thiophene rings is 1. The molecule has 3 aromatic heterocycles. The van der Waals surface area contributed by atoms with Gasteiger partial charge in [-0.05, 0) is 85.5 Å². The van der Waals surface area contributed by atoms with Crippen LogP contribution in [-0.2, 0) is 36.7 Å². The summed E-state index contributed by atoms with van der Waals surface area (Å²) in [4.78, 5) is 25.0. The third kappa shape index (κ3) is 18.5. The highest BCUT2D eigenvalue weighted by atomic mass is 32.1. The van der Waals surface area contributed by atoms with Crippen molar-refractivity contribution in [1.82, 2.24) is 30.4 Å². The van der Waals surface area contributed by atoms with Crippen LogP contribution < -0.4 is 16.0 Å². The van der Waals surface area contributed by atoms with Crippen molar-refractivity contribution in [3.63, 3.8) is 0 Å². The van der Waals surface area contributed by atoms with Crippen LogP contribution in [0.4, 0.5) is 10.1 Å². The zero-order chi connectivity index (χ0) is 42.8. The molecule has 1 amide bonds. The molecule has 1 aliphatic heterocycles. The first-order valence-corrected chi connectivity index (χ1v) is 23.4. The fourth-order valence-electron chi connectivity index (χ4n) is 6.13. The van der Waals surface area contributed by atoms with Crippen molar-refractivity contribution in [3.8, 4) is 10.6 Å². The summed E-state index contributed by atoms with van der Waals surface area (Å²) in [6.07, 6.45) is 11.5. The Bertz CT molecular complexity index is 1810. The number of anilines is 1. The summed E-state index contributed by atoms with van der Waals surface area (Å²) in [6, 6.07) is 14.3. The Morgan fingerprint density at radius 1 is 0.967 bits per heavy atom. The van der Waals surface area contributed by atoms with E-state index in [-0.39, 0.29) is 5.82 Å². The summed E-state index contributed by atoms with van der Waals surface area (Å²) in [7, 11) is 4.31. The molecule has 3 N–H and O–H groups in total. The van der Waals surface area contributed by atoms with Crippen molar-refractivity contribution >= 4 is 42.2 Å². The van der Waals surface area contributed by atoms with E-state index in [4.69, 9.17) is 23.9 Å². The maximum Gasteiger partial charge on any atom is 0.207 e. The maximum atomic E-state index is 12.7. The van der Waals surface area contributed by atoms with Gasteiger partial charge < -0.3 is 39.8 Å². The summed E-state index contributed by atoms with van der Waals surface area (Å²) < 4.78 is 35.7. The molecule has 60 heavy (non-hydrogen) atoms. The Morgan fingerprint density at radius 2 is 1.70 bits per heavy atom. The van der Waals surface area contributed by atoms with E-state index >= 15 is 0 Å². The van der Waals surface area contributed by atoms with Crippen molar-refractivity contribution in [2.45, 2.75) is 52.1 Å². The van der Waals surface area contributed by atoms with Gasteiger partial charge >= 0.3 is 0 Å². The lowest BCUT2D eigenvalue weighted by atomic mass is 10.1. The molecule has 1 aromatic carbocycles. The van der Waals surface area contributed by atoms with E-state index in [1.54, 1.807) is 38.5 Å². The summed E-state index contributed by atoms with van der Waals surface area (Å²) in [5.41, 5.74) is 6.22. The molecule has 0 bridgehead atoms. The Morgan fingerprint density at radius 3 is 2.33 bits per heavy atom. The fraction of sp³-hybridized carbons (Fsp3) is 0.533. The molecule has 4 heterocycles. The lowest BCUT2D eigenvalue weighted by Gasteiger charge is -2.37. The number of ether oxygens (including phenoxy) is 4. The molecular weight excluding hydrogens is 801 g/mol. The van der Waals surface area contributed by atoms with Crippen LogP contribution in [0.5, 0.6) is 0 Å². The van der Waals surface area contributed by atoms with Gasteiger partial charge in [-0.25, -0.2) is 4.39 Å². The first kappa shape index (κ1) is 48.9. The summed E-state index contributed by atoms with van der Waals surface area (Å²) in [5.74, 6) is 0.830. The second kappa shape index (κ2) is 28.7. The Hall–Kier alpha value is -3.75. The monoisotopic (exact) mass is 867 g/mol. The van der Waals surface area contributed by atoms with E-state index in [0.29, 0.717) is 44.6 Å². The Labute approximate surface area is 362 Å². The van der Waals surface area contributed by atoms with E-state index in [1.165, 1.54) is 39.6 Å². The second-order valence-corrected chi connectivity index (χ2v) is 17.1. The van der Waals surface area contributed by atoms with Crippen LogP contribution in [0.1, 0.15) is 42.9 Å². The van der Waals surface area contributed by atoms with E-state index in [9.17, 15) is 9.18 Å². The number of benzene rings is 1. The lowest BCUT2D eigenvalue weighted by Crippen LogP contribution is -2.47. The predicted octanol–water partition coefficient (Wildman–Crippen LogP) is 6.93. The number of amides is 1. The zero-order valence-corrected chi connectivity index (χ0v) is 37.9. The minimum Gasteiger partial charge on any atom is -0.388 e. The number of fused-ring (bicyclic) bond motifs is 1. The number of carbonyl (C=O) groups is 1. The first-order valence-electron chi connectivity index (χ1n) is 21.1. The van der Waals surface area contributed by atoms with Crippen molar-refractivity contribution in [3.05, 3.63) is 89.8 Å². The minimum atomic E-state index is -0.160. The van der Waals surface area contributed by atoms with Crippen molar-refractivity contribution < 1.29 is 28.1 Å². The van der Waals surface area contributed by atoms with Crippen LogP contribution in [0.25, 0.3) is 20.8 Å². The number of rotatable bonds is 25. The molecule has 1 saturated heterocycles. The zero-order valence-electron chi connectivity index (χ0n) is 36.1. The van der Waals surface area contributed by atoms with Gasteiger partial charge in [-0.1, -0.05) is 32.1 Å². The number of nitrogens with one attached hydrogen (secondary N) is 3. The third-order valence-electron chi connectivity index (χ3n) is 9.82. The SMILES string of the molecule is C=C(NCCOCCPCCOCCOCCOC)N1CCN(Cc2ccc(-c3cc4nccc(CCC)c4s3)nc2)CC1.CNc1ccc(C)c(F)c1.O=CNC1CC1. The number of nitrogens with zero attached hydrogens (tertiary/aromatic N) is 4. The standard InChI is InChI=1S/C33H50N5O4PS.C8H10FN.C4H7NO/c1-4-5-29-8-9-35-31-24-32(44-33(29)31)30-7-6-28(25-36-30)26-37-11-13-38(14-12-37)27(2)34-10-15-40-20-22-43-23-21-42-19-18-41-17-16-39-3;1-6-3-4-7(10-2)5-8(6)9;6-3-5-4-1-2-4/h6-9,24-25,34,43H,2,4-5,10-23,26H2,1,3H3;3-5,10H,1-2H3;3-4H,1-2H2,(H,5,6). The Kier molecular flexibility index (Phi) is 23.4. The topological polar surface area (TPSA) is 122 Å². The number of piperazine rings is 1. The van der Waals surface area contributed by atoms with E-state index in [0.717, 1.165) is 115 Å². The van der Waals surface area contributed by atoms with Crippen LogP contribution in [-0.4, -0.2) is 138 Å². The van der Waals surface area contributed by atoms with E-state index in [1.807, 2.05) is 18.5 Å². The summed E-state index contributed by atoms with van der Waals surface area (Å²) in [5, 5.41) is 8.93. The number of carbonyl (C=O) groups excluding carboxylic acids is 1. The number of aryl methyl sites for hydroxylation is 2. The van der Waals surface area contributed by atoms with Gasteiger partial charge in [0.2, 0.25) is 6.41 Å². The van der Waals surface area contributed by atoms with E-state index < -0.39 is 0 Å². The second-order valence-electron chi connectivity index (χ2n) is 14.6. The molecule has 12 nitrogen and oxygen atoms in total. The number of hydrogen-bond acceptors (Lipinski definition) is 12. The summed E-state index contributed by atoms with van der Waals surface area (Å²) in [6.45, 7) is 18.7. The molecule has 1 saturated carbocycles. The fourth-order valence-corrected chi connectivity index (χ4v) is 8.10. The van der Waals surface area contributed by atoms with Crippen molar-refractivity contribution in [2.24, 2.45) is 0 Å². The molecule has 15 heteroatoms. The molecule has 1 unspecified atom stereocenters. The van der Waals surface area contributed by atoms with Gasteiger partial charge in [-0.3, -0.25) is 19.7 Å². The normalized spacial score (nSPS) is 14.1. The molecular formula is C45H67FN7O5PS. The Balaban J connectivity index is 0.000000409. The van der Waals surface area contributed by atoms with Crippen molar-refractivity contribution in [1.29, 1.82) is 0 Å². The molecule has 1 aliphatic carbocycles. The van der Waals surface area contributed by atoms with Crippen LogP contribution in [0.3, 0.4) is 0 Å². The lowest BCUT2D eigenvalue weighted by molar-refractivity contribution is -0.109. The largest absolute Gasteiger partial charge is 0.388 e. The molecule has 2 fully saturated rings. The molecule has 1 atom stereocenters. The van der Waals surface area contributed by atoms with Crippen LogP contribution in [0, 0.1) is 12.7 Å². The molecule has 0 spiro atoms. The number of hydrogen-bond donors (Lipinski definition) is 3.